The summed E-state index contributed by atoms with van der Waals surface area (Å²) in [5.41, 5.74) is 3.25. The number of aryl methyl sites for hydroxylation is 3. The smallest absolute Gasteiger partial charge is 0.413 e. The van der Waals surface area contributed by atoms with E-state index in [1.165, 1.54) is 4.90 Å². The van der Waals surface area contributed by atoms with Gasteiger partial charge in [0.15, 0.2) is 11.5 Å². The number of nitrogens with zero attached hydrogens (tertiary/aromatic N) is 6. The summed E-state index contributed by atoms with van der Waals surface area (Å²) in [6, 6.07) is 3.87. The largest absolute Gasteiger partial charge is 0.465 e. The van der Waals surface area contributed by atoms with E-state index in [0.29, 0.717) is 17.3 Å². The standard InChI is InChI=1S/C23H28N6O2/c1-14-13-24-15(2)19-26-18(27-29(14)19)10-9-17-8-7-16-11-12-23(6,22(3,4)5)28(21(30)31)20(16)25-17/h7-10,13H,11-12H2,1-6H3,(H,30,31). The molecule has 1 amide bonds. The van der Waals surface area contributed by atoms with E-state index in [-0.39, 0.29) is 5.41 Å². The summed E-state index contributed by atoms with van der Waals surface area (Å²) in [6.07, 6.45) is 5.94. The van der Waals surface area contributed by atoms with E-state index >= 15 is 0 Å². The number of hydrogen-bond donors (Lipinski definition) is 1. The van der Waals surface area contributed by atoms with Gasteiger partial charge in [-0.15, -0.1) is 5.10 Å². The molecule has 3 aromatic heterocycles. The molecule has 3 aromatic rings. The number of aromatic nitrogens is 5. The van der Waals surface area contributed by atoms with Crippen LogP contribution in [-0.2, 0) is 6.42 Å². The van der Waals surface area contributed by atoms with Crippen molar-refractivity contribution in [2.45, 2.75) is 59.9 Å². The molecule has 1 unspecified atom stereocenters. The Bertz CT molecular complexity index is 1170. The van der Waals surface area contributed by atoms with Gasteiger partial charge in [0, 0.05) is 6.20 Å². The van der Waals surface area contributed by atoms with Crippen molar-refractivity contribution in [3.63, 3.8) is 0 Å². The topological polar surface area (TPSA) is 96.5 Å². The summed E-state index contributed by atoms with van der Waals surface area (Å²) in [4.78, 5) is 27.3. The lowest BCUT2D eigenvalue weighted by atomic mass is 9.69. The van der Waals surface area contributed by atoms with Crippen molar-refractivity contribution in [3.8, 4) is 0 Å². The van der Waals surface area contributed by atoms with Gasteiger partial charge in [-0.3, -0.25) is 9.88 Å². The third-order valence-corrected chi connectivity index (χ3v) is 6.50. The van der Waals surface area contributed by atoms with Crippen molar-refractivity contribution < 1.29 is 9.90 Å². The Morgan fingerprint density at radius 2 is 1.94 bits per heavy atom. The highest BCUT2D eigenvalue weighted by molar-refractivity contribution is 5.88. The molecule has 4 rings (SSSR count). The van der Waals surface area contributed by atoms with Crippen LogP contribution in [-0.4, -0.2) is 41.3 Å². The van der Waals surface area contributed by atoms with Gasteiger partial charge >= 0.3 is 6.09 Å². The van der Waals surface area contributed by atoms with Gasteiger partial charge in [0.1, 0.15) is 5.82 Å². The van der Waals surface area contributed by atoms with Crippen LogP contribution in [0.15, 0.2) is 18.3 Å². The van der Waals surface area contributed by atoms with E-state index < -0.39 is 11.6 Å². The molecule has 0 aromatic carbocycles. The van der Waals surface area contributed by atoms with Crippen LogP contribution in [0, 0.1) is 19.3 Å². The van der Waals surface area contributed by atoms with E-state index in [1.54, 1.807) is 16.8 Å². The zero-order valence-corrected chi connectivity index (χ0v) is 18.8. The molecule has 1 aliphatic rings. The molecule has 0 aliphatic carbocycles. The highest BCUT2D eigenvalue weighted by Crippen LogP contribution is 2.45. The fourth-order valence-corrected chi connectivity index (χ4v) is 4.05. The summed E-state index contributed by atoms with van der Waals surface area (Å²) >= 11 is 0. The number of amides is 1. The molecule has 8 nitrogen and oxygen atoms in total. The first-order valence-corrected chi connectivity index (χ1v) is 10.4. The van der Waals surface area contributed by atoms with Crippen LogP contribution < -0.4 is 4.90 Å². The van der Waals surface area contributed by atoms with E-state index in [0.717, 1.165) is 35.4 Å². The minimum absolute atomic E-state index is 0.235. The summed E-state index contributed by atoms with van der Waals surface area (Å²) in [6.45, 7) is 12.1. The molecule has 162 valence electrons. The van der Waals surface area contributed by atoms with Crippen molar-refractivity contribution >= 4 is 29.7 Å². The third kappa shape index (κ3) is 3.45. The van der Waals surface area contributed by atoms with Crippen LogP contribution >= 0.6 is 0 Å². The number of fused-ring (bicyclic) bond motifs is 2. The van der Waals surface area contributed by atoms with Crippen LogP contribution in [0.5, 0.6) is 0 Å². The van der Waals surface area contributed by atoms with E-state index in [4.69, 9.17) is 4.98 Å². The number of rotatable bonds is 2. The molecule has 1 atom stereocenters. The van der Waals surface area contributed by atoms with E-state index in [9.17, 15) is 9.90 Å². The van der Waals surface area contributed by atoms with Gasteiger partial charge in [-0.2, -0.15) is 0 Å². The number of hydrogen-bond acceptors (Lipinski definition) is 5. The van der Waals surface area contributed by atoms with Crippen molar-refractivity contribution in [3.05, 3.63) is 46.8 Å². The Labute approximate surface area is 181 Å². The maximum Gasteiger partial charge on any atom is 0.413 e. The van der Waals surface area contributed by atoms with Crippen molar-refractivity contribution in [2.24, 2.45) is 5.41 Å². The van der Waals surface area contributed by atoms with Gasteiger partial charge in [-0.1, -0.05) is 26.8 Å². The average Bonchev–Trinajstić information content (AvgIpc) is 3.13. The lowest BCUT2D eigenvalue weighted by Crippen LogP contribution is -2.60. The molecule has 0 spiro atoms. The zero-order valence-electron chi connectivity index (χ0n) is 18.8. The molecule has 1 aliphatic heterocycles. The maximum atomic E-state index is 12.3. The molecule has 31 heavy (non-hydrogen) atoms. The summed E-state index contributed by atoms with van der Waals surface area (Å²) in [5, 5.41) is 14.6. The van der Waals surface area contributed by atoms with Crippen LogP contribution in [0.2, 0.25) is 0 Å². The van der Waals surface area contributed by atoms with Crippen LogP contribution in [0.25, 0.3) is 17.8 Å². The Morgan fingerprint density at radius 3 is 2.58 bits per heavy atom. The number of carboxylic acid groups (broad SMARTS) is 1. The molecule has 8 heteroatoms. The molecule has 4 heterocycles. The highest BCUT2D eigenvalue weighted by Gasteiger charge is 2.49. The predicted molar refractivity (Wildman–Crippen MR) is 120 cm³/mol. The molecule has 0 bridgehead atoms. The van der Waals surface area contributed by atoms with E-state index in [1.807, 2.05) is 39.0 Å². The van der Waals surface area contributed by atoms with Crippen LogP contribution in [0.3, 0.4) is 0 Å². The molecular formula is C23H28N6O2. The first-order valence-electron chi connectivity index (χ1n) is 10.4. The average molecular weight is 421 g/mol. The Balaban J connectivity index is 1.72. The van der Waals surface area contributed by atoms with Gasteiger partial charge in [-0.25, -0.2) is 19.3 Å². The molecule has 0 radical (unpaired) electrons. The van der Waals surface area contributed by atoms with Crippen molar-refractivity contribution in [1.82, 2.24) is 24.6 Å². The predicted octanol–water partition coefficient (Wildman–Crippen LogP) is 4.54. The number of carbonyl (C=O) groups is 1. The second kappa shape index (κ2) is 7.14. The SMILES string of the molecule is Cc1ncc(C)n2nc(C=Cc3ccc4c(n3)N(C(=O)O)C(C)(C(C)(C)C)CC4)nc12. The normalized spacial score (nSPS) is 19.2. The number of anilines is 1. The first kappa shape index (κ1) is 21.0. The van der Waals surface area contributed by atoms with Crippen molar-refractivity contribution in [2.75, 3.05) is 4.90 Å². The molecule has 0 fully saturated rings. The van der Waals surface area contributed by atoms with Gasteiger partial charge in [0.2, 0.25) is 0 Å². The fourth-order valence-electron chi connectivity index (χ4n) is 4.05. The monoisotopic (exact) mass is 420 g/mol. The molecular weight excluding hydrogens is 392 g/mol. The zero-order chi connectivity index (χ0) is 22.6. The van der Waals surface area contributed by atoms with Gasteiger partial charge < -0.3 is 5.11 Å². The molecule has 0 saturated heterocycles. The summed E-state index contributed by atoms with van der Waals surface area (Å²) < 4.78 is 1.77. The Morgan fingerprint density at radius 1 is 1.19 bits per heavy atom. The van der Waals surface area contributed by atoms with Crippen LogP contribution in [0.1, 0.15) is 62.6 Å². The Hall–Kier alpha value is -3.29. The number of pyridine rings is 1. The molecule has 0 saturated carbocycles. The minimum atomic E-state index is -0.979. The second-order valence-electron chi connectivity index (χ2n) is 9.38. The summed E-state index contributed by atoms with van der Waals surface area (Å²) in [7, 11) is 0. The Kier molecular flexibility index (Phi) is 4.83. The van der Waals surface area contributed by atoms with Crippen molar-refractivity contribution in [1.29, 1.82) is 0 Å². The van der Waals surface area contributed by atoms with E-state index in [2.05, 4.69) is 35.8 Å². The van der Waals surface area contributed by atoms with Gasteiger partial charge in [-0.05, 0) is 62.8 Å². The lowest BCUT2D eigenvalue weighted by molar-refractivity contribution is 0.146. The second-order valence-corrected chi connectivity index (χ2v) is 9.38. The van der Waals surface area contributed by atoms with Crippen LogP contribution in [0.4, 0.5) is 10.6 Å². The minimum Gasteiger partial charge on any atom is -0.465 e. The first-order chi connectivity index (χ1) is 14.5. The van der Waals surface area contributed by atoms with Gasteiger partial charge in [0.05, 0.1) is 22.6 Å². The fraction of sp³-hybridized carbons (Fsp3) is 0.435. The third-order valence-electron chi connectivity index (χ3n) is 6.50. The molecule has 1 N–H and O–H groups in total. The quantitative estimate of drug-likeness (QED) is 0.654. The lowest BCUT2D eigenvalue weighted by Gasteiger charge is -2.51. The maximum absolute atomic E-state index is 12.3. The summed E-state index contributed by atoms with van der Waals surface area (Å²) in [5.74, 6) is 1.06. The highest BCUT2D eigenvalue weighted by atomic mass is 16.4. The van der Waals surface area contributed by atoms with Gasteiger partial charge in [0.25, 0.3) is 0 Å².